The van der Waals surface area contributed by atoms with Gasteiger partial charge in [-0.2, -0.15) is 5.10 Å². The number of aryl methyl sites for hydroxylation is 1. The van der Waals surface area contributed by atoms with Crippen LogP contribution in [0.4, 0.5) is 14.9 Å². The number of benzene rings is 2. The molecule has 2 amide bonds. The number of aromatic nitrogens is 4. The molecule has 32 heavy (non-hydrogen) atoms. The summed E-state index contributed by atoms with van der Waals surface area (Å²) in [5.74, 6) is -0.175. The van der Waals surface area contributed by atoms with Crippen LogP contribution in [0.2, 0.25) is 0 Å². The average Bonchev–Trinajstić information content (AvgIpc) is 3.40. The Hall–Kier alpha value is -3.53. The van der Waals surface area contributed by atoms with Crippen LogP contribution in [0.25, 0.3) is 23.0 Å². The lowest BCUT2D eigenvalue weighted by atomic mass is 10.1. The third kappa shape index (κ3) is 3.66. The highest BCUT2D eigenvalue weighted by Crippen LogP contribution is 2.32. The van der Waals surface area contributed by atoms with Crippen LogP contribution < -0.4 is 5.32 Å². The molecule has 0 aliphatic carbocycles. The summed E-state index contributed by atoms with van der Waals surface area (Å²) in [6, 6.07) is 13.4. The van der Waals surface area contributed by atoms with E-state index >= 15 is 0 Å². The topological polar surface area (TPSA) is 89.1 Å². The van der Waals surface area contributed by atoms with E-state index in [0.29, 0.717) is 30.9 Å². The molecule has 0 radical (unpaired) electrons. The molecule has 3 heterocycles. The van der Waals surface area contributed by atoms with Gasteiger partial charge in [0, 0.05) is 35.7 Å². The van der Waals surface area contributed by atoms with Gasteiger partial charge >= 0.3 is 6.03 Å². The minimum atomic E-state index is -0.444. The van der Waals surface area contributed by atoms with Crippen molar-refractivity contribution in [1.29, 1.82) is 0 Å². The van der Waals surface area contributed by atoms with E-state index in [4.69, 9.17) is 4.42 Å². The predicted octanol–water partition coefficient (Wildman–Crippen LogP) is 4.63. The molecule has 1 aliphatic heterocycles. The van der Waals surface area contributed by atoms with Crippen molar-refractivity contribution in [3.63, 3.8) is 0 Å². The highest BCUT2D eigenvalue weighted by molar-refractivity contribution is 9.10. The zero-order chi connectivity index (χ0) is 22.2. The van der Waals surface area contributed by atoms with Gasteiger partial charge in [0.2, 0.25) is 0 Å². The molecule has 5 rings (SSSR count). The van der Waals surface area contributed by atoms with Crippen molar-refractivity contribution in [2.45, 2.75) is 13.0 Å². The van der Waals surface area contributed by atoms with Gasteiger partial charge in [0.25, 0.3) is 11.8 Å². The standard InChI is InChI=1S/C22H18BrFN6O2/c1-29-18-10-11-30(22(31)25-17-9-5-3-7-15(17)23)12-14(18)19(28-29)21-27-26-20(32-21)13-6-2-4-8-16(13)24/h2-9H,10-12H2,1H3,(H,25,31). The second-order valence-corrected chi connectivity index (χ2v) is 8.23. The molecule has 0 bridgehead atoms. The van der Waals surface area contributed by atoms with Gasteiger partial charge in [0.1, 0.15) is 5.82 Å². The number of rotatable bonds is 3. The minimum Gasteiger partial charge on any atom is -0.414 e. The number of fused-ring (bicyclic) bond motifs is 1. The Kier molecular flexibility index (Phi) is 5.22. The summed E-state index contributed by atoms with van der Waals surface area (Å²) in [7, 11) is 1.84. The summed E-state index contributed by atoms with van der Waals surface area (Å²) < 4.78 is 22.4. The van der Waals surface area contributed by atoms with Crippen LogP contribution in [-0.2, 0) is 20.0 Å². The van der Waals surface area contributed by atoms with Crippen LogP contribution in [0, 0.1) is 5.82 Å². The van der Waals surface area contributed by atoms with E-state index in [1.54, 1.807) is 27.8 Å². The lowest BCUT2D eigenvalue weighted by molar-refractivity contribution is 0.206. The molecule has 1 N–H and O–H groups in total. The predicted molar refractivity (Wildman–Crippen MR) is 119 cm³/mol. The number of hydrogen-bond acceptors (Lipinski definition) is 5. The molecule has 10 heteroatoms. The molecule has 8 nitrogen and oxygen atoms in total. The van der Waals surface area contributed by atoms with Crippen LogP contribution in [0.5, 0.6) is 0 Å². The normalized spacial score (nSPS) is 13.2. The maximum absolute atomic E-state index is 14.1. The third-order valence-electron chi connectivity index (χ3n) is 5.38. The number of carbonyl (C=O) groups excluding carboxylic acids is 1. The Morgan fingerprint density at radius 2 is 1.88 bits per heavy atom. The van der Waals surface area contributed by atoms with E-state index in [0.717, 1.165) is 15.7 Å². The van der Waals surface area contributed by atoms with E-state index in [-0.39, 0.29) is 23.4 Å². The Bertz CT molecular complexity index is 1320. The molecule has 0 saturated carbocycles. The van der Waals surface area contributed by atoms with Crippen molar-refractivity contribution in [3.05, 3.63) is 70.1 Å². The first-order chi connectivity index (χ1) is 15.5. The fourth-order valence-electron chi connectivity index (χ4n) is 3.76. The fraction of sp³-hybridized carbons (Fsp3) is 0.182. The van der Waals surface area contributed by atoms with Crippen molar-refractivity contribution in [2.75, 3.05) is 11.9 Å². The van der Waals surface area contributed by atoms with Crippen LogP contribution in [0.3, 0.4) is 0 Å². The molecular weight excluding hydrogens is 479 g/mol. The maximum atomic E-state index is 14.1. The smallest absolute Gasteiger partial charge is 0.322 e. The van der Waals surface area contributed by atoms with Gasteiger partial charge in [-0.25, -0.2) is 9.18 Å². The van der Waals surface area contributed by atoms with Gasteiger partial charge in [-0.1, -0.05) is 24.3 Å². The van der Waals surface area contributed by atoms with E-state index in [1.165, 1.54) is 6.07 Å². The van der Waals surface area contributed by atoms with Crippen LogP contribution in [0.1, 0.15) is 11.3 Å². The molecule has 0 fully saturated rings. The zero-order valence-electron chi connectivity index (χ0n) is 17.0. The molecule has 2 aromatic heterocycles. The van der Waals surface area contributed by atoms with Crippen molar-refractivity contribution < 1.29 is 13.6 Å². The summed E-state index contributed by atoms with van der Waals surface area (Å²) in [6.45, 7) is 0.888. The molecule has 162 valence electrons. The van der Waals surface area contributed by atoms with Crippen molar-refractivity contribution >= 4 is 27.6 Å². The first kappa shape index (κ1) is 20.4. The van der Waals surface area contributed by atoms with Gasteiger partial charge in [-0.3, -0.25) is 4.68 Å². The number of carbonyl (C=O) groups is 1. The Labute approximate surface area is 191 Å². The zero-order valence-corrected chi connectivity index (χ0v) is 18.6. The first-order valence-electron chi connectivity index (χ1n) is 9.95. The molecule has 0 atom stereocenters. The molecule has 0 spiro atoms. The second-order valence-electron chi connectivity index (χ2n) is 7.37. The average molecular weight is 497 g/mol. The lowest BCUT2D eigenvalue weighted by Crippen LogP contribution is -2.39. The van der Waals surface area contributed by atoms with Crippen molar-refractivity contribution in [3.8, 4) is 23.0 Å². The summed E-state index contributed by atoms with van der Waals surface area (Å²) in [4.78, 5) is 14.6. The highest BCUT2D eigenvalue weighted by atomic mass is 79.9. The molecular formula is C22H18BrFN6O2. The summed E-state index contributed by atoms with van der Waals surface area (Å²) in [5.41, 5.74) is 3.25. The van der Waals surface area contributed by atoms with Gasteiger partial charge in [-0.05, 0) is 40.2 Å². The molecule has 2 aromatic carbocycles. The maximum Gasteiger partial charge on any atom is 0.322 e. The number of amides is 2. The Morgan fingerprint density at radius 3 is 2.69 bits per heavy atom. The van der Waals surface area contributed by atoms with Gasteiger partial charge < -0.3 is 14.6 Å². The van der Waals surface area contributed by atoms with Crippen LogP contribution in [-0.4, -0.2) is 37.5 Å². The number of urea groups is 1. The molecule has 0 unspecified atom stereocenters. The van der Waals surface area contributed by atoms with Gasteiger partial charge in [0.15, 0.2) is 5.69 Å². The van der Waals surface area contributed by atoms with E-state index < -0.39 is 5.82 Å². The highest BCUT2D eigenvalue weighted by Gasteiger charge is 2.30. The fourth-order valence-corrected chi connectivity index (χ4v) is 4.14. The molecule has 0 saturated heterocycles. The van der Waals surface area contributed by atoms with Crippen molar-refractivity contribution in [1.82, 2.24) is 24.9 Å². The number of halogens is 2. The van der Waals surface area contributed by atoms with E-state index in [9.17, 15) is 9.18 Å². The number of nitrogens with one attached hydrogen (secondary N) is 1. The summed E-state index contributed by atoms with van der Waals surface area (Å²) in [6.07, 6.45) is 0.635. The van der Waals surface area contributed by atoms with E-state index in [1.807, 2.05) is 31.3 Å². The number of anilines is 1. The van der Waals surface area contributed by atoms with Gasteiger partial charge in [0.05, 0.1) is 17.8 Å². The first-order valence-corrected chi connectivity index (χ1v) is 10.7. The molecule has 4 aromatic rings. The number of para-hydroxylation sites is 1. The third-order valence-corrected chi connectivity index (χ3v) is 6.07. The summed E-state index contributed by atoms with van der Waals surface area (Å²) >= 11 is 3.45. The monoisotopic (exact) mass is 496 g/mol. The SMILES string of the molecule is Cn1nc(-c2nnc(-c3ccccc3F)o2)c2c1CCN(C(=O)Nc1ccccc1Br)C2. The molecule has 1 aliphatic rings. The van der Waals surface area contributed by atoms with Crippen LogP contribution >= 0.6 is 15.9 Å². The number of nitrogens with zero attached hydrogens (tertiary/aromatic N) is 5. The largest absolute Gasteiger partial charge is 0.414 e. The van der Waals surface area contributed by atoms with E-state index in [2.05, 4.69) is 36.5 Å². The second kappa shape index (κ2) is 8.19. The number of hydrogen-bond donors (Lipinski definition) is 1. The summed E-state index contributed by atoms with van der Waals surface area (Å²) in [5, 5.41) is 15.6. The Balaban J connectivity index is 1.42. The van der Waals surface area contributed by atoms with Gasteiger partial charge in [-0.15, -0.1) is 10.2 Å². The van der Waals surface area contributed by atoms with Crippen LogP contribution in [0.15, 0.2) is 57.4 Å². The minimum absolute atomic E-state index is 0.0804. The lowest BCUT2D eigenvalue weighted by Gasteiger charge is -2.27. The van der Waals surface area contributed by atoms with Crippen molar-refractivity contribution in [2.24, 2.45) is 7.05 Å². The quantitative estimate of drug-likeness (QED) is 0.446. The Morgan fingerprint density at radius 1 is 1.12 bits per heavy atom.